The number of carbonyl (C=O) groups excluding carboxylic acids is 2. The van der Waals surface area contributed by atoms with Gasteiger partial charge in [0.1, 0.15) is 40.5 Å². The van der Waals surface area contributed by atoms with Crippen molar-refractivity contribution < 1.29 is 22.0 Å². The van der Waals surface area contributed by atoms with E-state index in [0.717, 1.165) is 15.9 Å². The molecule has 0 spiro atoms. The molecule has 4 aromatic carbocycles. The molecule has 0 bridgehead atoms. The third-order valence-electron chi connectivity index (χ3n) is 6.31. The summed E-state index contributed by atoms with van der Waals surface area (Å²) in [6.45, 7) is 0. The number of benzene rings is 4. The molecule has 0 radical (unpaired) electrons. The van der Waals surface area contributed by atoms with E-state index in [0.29, 0.717) is 16.4 Å². The first-order valence-electron chi connectivity index (χ1n) is 12.6. The molecule has 0 aliphatic rings. The average Bonchev–Trinajstić information content (AvgIpc) is 3.02. The minimum absolute atomic E-state index is 0. The van der Waals surface area contributed by atoms with Crippen LogP contribution in [0.4, 0.5) is 5.82 Å². The Bertz CT molecular complexity index is 1520. The van der Waals surface area contributed by atoms with E-state index in [1.807, 2.05) is 66.5 Å². The highest BCUT2D eigenvalue weighted by Crippen LogP contribution is 2.57. The second-order valence-electron chi connectivity index (χ2n) is 8.91. The SMILES string of the molecule is O=C(Nc1ccc(Cl)cn1)/C(=C/[P+](c1ccccc1)(c1ccccc1)c1ccccc1)NC(=O)c1ccccc1.[Cl-]. The molecule has 41 heavy (non-hydrogen) atoms. The van der Waals surface area contributed by atoms with Gasteiger partial charge in [-0.2, -0.15) is 0 Å². The van der Waals surface area contributed by atoms with Gasteiger partial charge in [-0.3, -0.25) is 9.59 Å². The van der Waals surface area contributed by atoms with Crippen LogP contribution in [-0.2, 0) is 4.79 Å². The summed E-state index contributed by atoms with van der Waals surface area (Å²) >= 11 is 6.00. The molecular formula is C33H26Cl2N3O2P. The van der Waals surface area contributed by atoms with Gasteiger partial charge in [0.15, 0.2) is 0 Å². The Morgan fingerprint density at radius 3 is 1.56 bits per heavy atom. The molecule has 0 saturated carbocycles. The van der Waals surface area contributed by atoms with Crippen molar-refractivity contribution in [2.75, 3.05) is 5.32 Å². The van der Waals surface area contributed by atoms with Gasteiger partial charge in [0.05, 0.1) is 5.02 Å². The van der Waals surface area contributed by atoms with E-state index in [2.05, 4.69) is 52.0 Å². The number of hydrogen-bond donors (Lipinski definition) is 2. The second-order valence-corrected chi connectivity index (χ2v) is 12.6. The molecule has 0 unspecified atom stereocenters. The number of pyridine rings is 1. The van der Waals surface area contributed by atoms with Crippen LogP contribution in [0.15, 0.2) is 151 Å². The van der Waals surface area contributed by atoms with Crippen LogP contribution in [0.25, 0.3) is 0 Å². The fraction of sp³-hybridized carbons (Fsp3) is 0. The van der Waals surface area contributed by atoms with Crippen molar-refractivity contribution in [2.45, 2.75) is 0 Å². The maximum Gasteiger partial charge on any atom is 0.276 e. The number of hydrogen-bond acceptors (Lipinski definition) is 3. The summed E-state index contributed by atoms with van der Waals surface area (Å²) in [4.78, 5) is 31.5. The van der Waals surface area contributed by atoms with E-state index >= 15 is 0 Å². The third-order valence-corrected chi connectivity index (χ3v) is 10.5. The average molecular weight is 598 g/mol. The molecule has 1 aromatic heterocycles. The Morgan fingerprint density at radius 1 is 0.659 bits per heavy atom. The normalized spacial score (nSPS) is 11.2. The van der Waals surface area contributed by atoms with Crippen molar-refractivity contribution >= 4 is 52.4 Å². The Hall–Kier alpha value is -4.28. The fourth-order valence-corrected chi connectivity index (χ4v) is 8.37. The molecule has 0 saturated heterocycles. The lowest BCUT2D eigenvalue weighted by Gasteiger charge is -2.25. The molecular weight excluding hydrogens is 572 g/mol. The van der Waals surface area contributed by atoms with E-state index in [1.54, 1.807) is 36.4 Å². The van der Waals surface area contributed by atoms with Crippen LogP contribution in [-0.4, -0.2) is 16.8 Å². The predicted octanol–water partition coefficient (Wildman–Crippen LogP) is 2.94. The van der Waals surface area contributed by atoms with Gasteiger partial charge in [-0.05, 0) is 60.7 Å². The summed E-state index contributed by atoms with van der Waals surface area (Å²) in [5, 5.41) is 9.31. The van der Waals surface area contributed by atoms with Gasteiger partial charge in [0.25, 0.3) is 11.8 Å². The molecule has 8 heteroatoms. The zero-order chi connectivity index (χ0) is 27.8. The van der Waals surface area contributed by atoms with Gasteiger partial charge >= 0.3 is 0 Å². The van der Waals surface area contributed by atoms with Crippen LogP contribution >= 0.6 is 18.9 Å². The van der Waals surface area contributed by atoms with Crippen molar-refractivity contribution in [1.82, 2.24) is 10.3 Å². The van der Waals surface area contributed by atoms with Crippen LogP contribution in [0.3, 0.4) is 0 Å². The van der Waals surface area contributed by atoms with Gasteiger partial charge in [-0.25, -0.2) is 4.98 Å². The largest absolute Gasteiger partial charge is 1.00 e. The Balaban J connectivity index is 0.00000387. The lowest BCUT2D eigenvalue weighted by atomic mass is 10.2. The van der Waals surface area contributed by atoms with E-state index < -0.39 is 19.1 Å². The lowest BCUT2D eigenvalue weighted by molar-refractivity contribution is -0.113. The molecule has 2 N–H and O–H groups in total. The summed E-state index contributed by atoms with van der Waals surface area (Å²) < 4.78 is 0. The summed E-state index contributed by atoms with van der Waals surface area (Å²) in [5.41, 5.74) is 0.560. The standard InChI is InChI=1S/C33H25ClN3O2P.ClH/c34-26-21-22-31(35-23-26)37-33(39)30(36-32(38)25-13-5-1-6-14-25)24-40(27-15-7-2-8-16-27,28-17-9-3-10-18-28)29-19-11-4-12-20-29;/h1-24H,(H-,35,36,37,38,39);1H/b30-24-;. The number of rotatable bonds is 8. The summed E-state index contributed by atoms with van der Waals surface area (Å²) in [6, 6.07) is 42.3. The lowest BCUT2D eigenvalue weighted by Crippen LogP contribution is -3.00. The molecule has 1 heterocycles. The van der Waals surface area contributed by atoms with Gasteiger partial charge in [-0.15, -0.1) is 0 Å². The molecule has 0 aliphatic carbocycles. The highest BCUT2D eigenvalue weighted by Gasteiger charge is 2.45. The van der Waals surface area contributed by atoms with E-state index in [1.165, 1.54) is 6.20 Å². The van der Waals surface area contributed by atoms with Gasteiger partial charge in [0.2, 0.25) is 0 Å². The molecule has 0 aliphatic heterocycles. The van der Waals surface area contributed by atoms with Gasteiger partial charge in [0, 0.05) is 11.8 Å². The summed E-state index contributed by atoms with van der Waals surface area (Å²) in [7, 11) is -2.60. The van der Waals surface area contributed by atoms with Crippen LogP contribution in [0.1, 0.15) is 10.4 Å². The van der Waals surface area contributed by atoms with Crippen LogP contribution < -0.4 is 39.0 Å². The quantitative estimate of drug-likeness (QED) is 0.213. The van der Waals surface area contributed by atoms with Crippen LogP contribution in [0, 0.1) is 0 Å². The number of aromatic nitrogens is 1. The van der Waals surface area contributed by atoms with Gasteiger partial charge in [-0.1, -0.05) is 84.4 Å². The molecule has 5 rings (SSSR count). The zero-order valence-electron chi connectivity index (χ0n) is 21.8. The maximum atomic E-state index is 13.9. The molecule has 204 valence electrons. The van der Waals surface area contributed by atoms with Crippen LogP contribution in [0.5, 0.6) is 0 Å². The van der Waals surface area contributed by atoms with Crippen molar-refractivity contribution in [3.8, 4) is 0 Å². The monoisotopic (exact) mass is 597 g/mol. The van der Waals surface area contributed by atoms with Crippen molar-refractivity contribution in [3.63, 3.8) is 0 Å². The Kier molecular flexibility index (Phi) is 10.0. The highest BCUT2D eigenvalue weighted by atomic mass is 35.5. The number of anilines is 1. The smallest absolute Gasteiger partial charge is 0.276 e. The summed E-state index contributed by atoms with van der Waals surface area (Å²) in [6.07, 6.45) is 1.46. The van der Waals surface area contributed by atoms with E-state index in [9.17, 15) is 9.59 Å². The Labute approximate surface area is 251 Å². The highest BCUT2D eigenvalue weighted by molar-refractivity contribution is 7.98. The topological polar surface area (TPSA) is 71.1 Å². The number of carbonyl (C=O) groups is 2. The van der Waals surface area contributed by atoms with E-state index in [-0.39, 0.29) is 18.1 Å². The number of halogens is 2. The molecule has 0 fully saturated rings. The molecule has 2 amide bonds. The zero-order valence-corrected chi connectivity index (χ0v) is 24.2. The second kappa shape index (κ2) is 13.9. The minimum Gasteiger partial charge on any atom is -1.00 e. The minimum atomic E-state index is -2.60. The first-order chi connectivity index (χ1) is 19.6. The fourth-order valence-electron chi connectivity index (χ4n) is 4.42. The first kappa shape index (κ1) is 29.7. The van der Waals surface area contributed by atoms with Crippen molar-refractivity contribution in [1.29, 1.82) is 0 Å². The van der Waals surface area contributed by atoms with E-state index in [4.69, 9.17) is 11.6 Å². The predicted molar refractivity (Wildman–Crippen MR) is 165 cm³/mol. The van der Waals surface area contributed by atoms with Crippen LogP contribution in [0.2, 0.25) is 5.02 Å². The van der Waals surface area contributed by atoms with Gasteiger partial charge < -0.3 is 23.0 Å². The maximum absolute atomic E-state index is 13.9. The Morgan fingerprint density at radius 2 is 1.12 bits per heavy atom. The van der Waals surface area contributed by atoms with Crippen molar-refractivity contribution in [3.05, 3.63) is 162 Å². The van der Waals surface area contributed by atoms with Crippen molar-refractivity contribution in [2.24, 2.45) is 0 Å². The molecule has 5 nitrogen and oxygen atoms in total. The first-order valence-corrected chi connectivity index (χ1v) is 14.9. The molecule has 0 atom stereocenters. The third kappa shape index (κ3) is 6.90. The number of nitrogens with one attached hydrogen (secondary N) is 2. The number of amides is 2. The molecule has 5 aromatic rings. The summed E-state index contributed by atoms with van der Waals surface area (Å²) in [5.74, 6) is 1.36. The number of nitrogens with zero attached hydrogens (tertiary/aromatic N) is 1.